The summed E-state index contributed by atoms with van der Waals surface area (Å²) in [7, 11) is 1.62. The Morgan fingerprint density at radius 2 is 1.66 bits per heavy atom. The van der Waals surface area contributed by atoms with Gasteiger partial charge in [-0.25, -0.2) is 0 Å². The maximum absolute atomic E-state index is 13.4. The summed E-state index contributed by atoms with van der Waals surface area (Å²) >= 11 is 0. The quantitative estimate of drug-likeness (QED) is 0.279. The molecule has 1 N–H and O–H groups in total. The molecule has 2 heterocycles. The molecule has 1 atom stereocenters. The van der Waals surface area contributed by atoms with Crippen molar-refractivity contribution in [1.29, 1.82) is 0 Å². The van der Waals surface area contributed by atoms with E-state index in [-0.39, 0.29) is 11.3 Å². The number of aliphatic hydroxyl groups is 1. The van der Waals surface area contributed by atoms with Crippen LogP contribution < -0.4 is 4.74 Å². The maximum Gasteiger partial charge on any atom is 0.295 e. The Hall–Kier alpha value is -3.68. The molecule has 0 saturated carbocycles. The highest BCUT2D eigenvalue weighted by Gasteiger charge is 2.46. The molecule has 0 spiro atoms. The van der Waals surface area contributed by atoms with Crippen LogP contribution in [0.2, 0.25) is 0 Å². The van der Waals surface area contributed by atoms with Crippen molar-refractivity contribution >= 4 is 28.2 Å². The minimum Gasteiger partial charge on any atom is -0.507 e. The number of Topliss-reactive ketones (excluding diaryl/α,β-unsaturated/α-hetero) is 1. The molecule has 0 aliphatic carbocycles. The van der Waals surface area contributed by atoms with E-state index >= 15 is 0 Å². The lowest BCUT2D eigenvalue weighted by molar-refractivity contribution is -0.140. The van der Waals surface area contributed by atoms with Crippen LogP contribution in [0.25, 0.3) is 16.5 Å². The van der Waals surface area contributed by atoms with E-state index < -0.39 is 17.7 Å². The lowest BCUT2D eigenvalue weighted by atomic mass is 9.92. The van der Waals surface area contributed by atoms with Crippen LogP contribution in [0.5, 0.6) is 5.75 Å². The number of hydrogen-bond donors (Lipinski definition) is 1. The number of hydrogen-bond acceptors (Lipinski definition) is 6. The standard InChI is InChI=1S/C31H34N2O5/c1-20(2)21-4-6-22(7-5-21)28-27(30(35)31(36)33(28)13-12-32-14-16-38-17-15-32)29(34)25-9-8-24-19-26(37-3)11-10-23(24)18-25/h4-11,18-20,28,34H,12-17H2,1-3H3/b29-27+. The van der Waals surface area contributed by atoms with E-state index in [1.807, 2.05) is 54.6 Å². The Balaban J connectivity index is 1.55. The van der Waals surface area contributed by atoms with Crippen LogP contribution in [0, 0.1) is 0 Å². The van der Waals surface area contributed by atoms with Crippen molar-refractivity contribution in [1.82, 2.24) is 9.80 Å². The summed E-state index contributed by atoms with van der Waals surface area (Å²) in [5, 5.41) is 13.4. The Bertz CT molecular complexity index is 1370. The van der Waals surface area contributed by atoms with Crippen LogP contribution >= 0.6 is 0 Å². The van der Waals surface area contributed by atoms with Crippen molar-refractivity contribution in [2.45, 2.75) is 25.8 Å². The molecule has 3 aromatic rings. The summed E-state index contributed by atoms with van der Waals surface area (Å²) in [4.78, 5) is 30.6. The highest BCUT2D eigenvalue weighted by Crippen LogP contribution is 2.40. The second-order valence-electron chi connectivity index (χ2n) is 10.2. The summed E-state index contributed by atoms with van der Waals surface area (Å²) in [5.74, 6) is -0.299. The summed E-state index contributed by atoms with van der Waals surface area (Å²) in [6, 6.07) is 18.5. The molecule has 2 aliphatic heterocycles. The molecule has 1 amide bonds. The lowest BCUT2D eigenvalue weighted by Crippen LogP contribution is -2.42. The molecular weight excluding hydrogens is 480 g/mol. The molecule has 2 saturated heterocycles. The molecule has 0 aromatic heterocycles. The predicted molar refractivity (Wildman–Crippen MR) is 147 cm³/mol. The molecule has 0 radical (unpaired) electrons. The number of amides is 1. The second kappa shape index (κ2) is 11.0. The summed E-state index contributed by atoms with van der Waals surface area (Å²) in [6.07, 6.45) is 0. The average Bonchev–Trinajstić information content (AvgIpc) is 3.20. The van der Waals surface area contributed by atoms with E-state index in [1.54, 1.807) is 18.1 Å². The maximum atomic E-state index is 13.4. The van der Waals surface area contributed by atoms with Gasteiger partial charge in [0, 0.05) is 31.7 Å². The molecule has 5 rings (SSSR count). The Morgan fingerprint density at radius 1 is 0.974 bits per heavy atom. The monoisotopic (exact) mass is 514 g/mol. The predicted octanol–water partition coefficient (Wildman–Crippen LogP) is 4.73. The third kappa shape index (κ3) is 5.04. The van der Waals surface area contributed by atoms with Gasteiger partial charge in [0.15, 0.2) is 0 Å². The van der Waals surface area contributed by atoms with Gasteiger partial charge in [0.1, 0.15) is 11.5 Å². The first-order valence-corrected chi connectivity index (χ1v) is 13.1. The zero-order valence-electron chi connectivity index (χ0n) is 22.1. The molecule has 1 unspecified atom stereocenters. The fourth-order valence-electron chi connectivity index (χ4n) is 5.25. The summed E-state index contributed by atoms with van der Waals surface area (Å²) < 4.78 is 10.8. The molecule has 3 aromatic carbocycles. The van der Waals surface area contributed by atoms with Crippen molar-refractivity contribution in [3.63, 3.8) is 0 Å². The largest absolute Gasteiger partial charge is 0.507 e. The first-order chi connectivity index (χ1) is 18.4. The van der Waals surface area contributed by atoms with Gasteiger partial charge in [-0.1, -0.05) is 56.3 Å². The molecular formula is C31H34N2O5. The molecule has 198 valence electrons. The van der Waals surface area contributed by atoms with Gasteiger partial charge in [0.25, 0.3) is 11.7 Å². The van der Waals surface area contributed by atoms with Crippen molar-refractivity contribution in [2.24, 2.45) is 0 Å². The minimum absolute atomic E-state index is 0.127. The van der Waals surface area contributed by atoms with Crippen LogP contribution in [0.1, 0.15) is 42.5 Å². The van der Waals surface area contributed by atoms with Gasteiger partial charge in [-0.2, -0.15) is 0 Å². The van der Waals surface area contributed by atoms with Crippen molar-refractivity contribution in [3.8, 4) is 5.75 Å². The summed E-state index contributed by atoms with van der Waals surface area (Å²) in [6.45, 7) is 8.17. The van der Waals surface area contributed by atoms with Gasteiger partial charge < -0.3 is 19.5 Å². The van der Waals surface area contributed by atoms with Gasteiger partial charge in [0.2, 0.25) is 0 Å². The molecule has 2 fully saturated rings. The SMILES string of the molecule is COc1ccc2cc(/C(O)=C3\C(=O)C(=O)N(CCN4CCOCC4)C3c3ccc(C(C)C)cc3)ccc2c1. The van der Waals surface area contributed by atoms with Crippen molar-refractivity contribution in [2.75, 3.05) is 46.5 Å². The van der Waals surface area contributed by atoms with Crippen LogP contribution in [-0.4, -0.2) is 73.1 Å². The number of methoxy groups -OCH3 is 1. The third-order valence-corrected chi connectivity index (χ3v) is 7.54. The smallest absolute Gasteiger partial charge is 0.295 e. The first kappa shape index (κ1) is 25.9. The zero-order chi connectivity index (χ0) is 26.8. The Morgan fingerprint density at radius 3 is 2.34 bits per heavy atom. The number of likely N-dealkylation sites (tertiary alicyclic amines) is 1. The van der Waals surface area contributed by atoms with Gasteiger partial charge in [-0.15, -0.1) is 0 Å². The van der Waals surface area contributed by atoms with Gasteiger partial charge >= 0.3 is 0 Å². The van der Waals surface area contributed by atoms with E-state index in [0.717, 1.165) is 35.2 Å². The number of morpholine rings is 1. The van der Waals surface area contributed by atoms with E-state index in [4.69, 9.17) is 9.47 Å². The van der Waals surface area contributed by atoms with Crippen LogP contribution in [-0.2, 0) is 14.3 Å². The van der Waals surface area contributed by atoms with Gasteiger partial charge in [0.05, 0.1) is 31.9 Å². The van der Waals surface area contributed by atoms with Crippen LogP contribution in [0.15, 0.2) is 66.2 Å². The second-order valence-corrected chi connectivity index (χ2v) is 10.2. The fraction of sp³-hybridized carbons (Fsp3) is 0.355. The Labute approximate surface area is 223 Å². The van der Waals surface area contributed by atoms with E-state index in [0.29, 0.717) is 37.8 Å². The number of aliphatic hydroxyl groups excluding tert-OH is 1. The number of carbonyl (C=O) groups excluding carboxylic acids is 2. The van der Waals surface area contributed by atoms with E-state index in [1.165, 1.54) is 5.56 Å². The molecule has 2 aliphatic rings. The molecule has 38 heavy (non-hydrogen) atoms. The summed E-state index contributed by atoms with van der Waals surface area (Å²) in [5.41, 5.74) is 2.60. The molecule has 0 bridgehead atoms. The number of carbonyl (C=O) groups is 2. The molecule has 7 heteroatoms. The van der Waals surface area contributed by atoms with Gasteiger partial charge in [-0.05, 0) is 46.0 Å². The minimum atomic E-state index is -0.663. The first-order valence-electron chi connectivity index (χ1n) is 13.1. The number of rotatable bonds is 7. The average molecular weight is 515 g/mol. The Kier molecular flexibility index (Phi) is 7.49. The topological polar surface area (TPSA) is 79.3 Å². The molecule has 7 nitrogen and oxygen atoms in total. The third-order valence-electron chi connectivity index (χ3n) is 7.54. The van der Waals surface area contributed by atoms with Crippen LogP contribution in [0.4, 0.5) is 0 Å². The zero-order valence-corrected chi connectivity index (χ0v) is 22.1. The van der Waals surface area contributed by atoms with E-state index in [2.05, 4.69) is 18.7 Å². The lowest BCUT2D eigenvalue weighted by Gasteiger charge is -2.31. The van der Waals surface area contributed by atoms with E-state index in [9.17, 15) is 14.7 Å². The number of fused-ring (bicyclic) bond motifs is 1. The van der Waals surface area contributed by atoms with Crippen LogP contribution in [0.3, 0.4) is 0 Å². The van der Waals surface area contributed by atoms with Gasteiger partial charge in [-0.3, -0.25) is 14.5 Å². The van der Waals surface area contributed by atoms with Crippen molar-refractivity contribution < 1.29 is 24.2 Å². The number of benzene rings is 3. The van der Waals surface area contributed by atoms with Crippen molar-refractivity contribution in [3.05, 3.63) is 82.9 Å². The fourth-order valence-corrected chi connectivity index (χ4v) is 5.25. The number of ketones is 1. The highest BCUT2D eigenvalue weighted by atomic mass is 16.5. The number of ether oxygens (including phenoxy) is 2. The normalized spacial score (nSPS) is 20.0. The highest BCUT2D eigenvalue weighted by molar-refractivity contribution is 6.46. The number of nitrogens with zero attached hydrogens (tertiary/aromatic N) is 2.